The van der Waals surface area contributed by atoms with Gasteiger partial charge in [-0.2, -0.15) is 0 Å². The zero-order valence-corrected chi connectivity index (χ0v) is 11.4. The van der Waals surface area contributed by atoms with Crippen LogP contribution in [0, 0.1) is 17.0 Å². The molecule has 1 fully saturated rings. The summed E-state index contributed by atoms with van der Waals surface area (Å²) in [6, 6.07) is 1.68. The topological polar surface area (TPSA) is 72.2 Å². The summed E-state index contributed by atoms with van der Waals surface area (Å²) < 4.78 is 53.0. The van der Waals surface area contributed by atoms with Crippen molar-refractivity contribution in [3.63, 3.8) is 0 Å². The van der Waals surface area contributed by atoms with E-state index in [1.807, 2.05) is 6.92 Å². The van der Waals surface area contributed by atoms with Crippen LogP contribution in [0.15, 0.2) is 17.0 Å². The Morgan fingerprint density at radius 3 is 2.53 bits per heavy atom. The lowest BCUT2D eigenvalue weighted by atomic mass is 10.1. The molecule has 7 heteroatoms. The number of anilines is 1. The van der Waals surface area contributed by atoms with Gasteiger partial charge in [-0.15, -0.1) is 0 Å². The van der Waals surface area contributed by atoms with Crippen LogP contribution >= 0.6 is 0 Å². The van der Waals surface area contributed by atoms with Crippen LogP contribution in [0.5, 0.6) is 0 Å². The molecule has 0 atom stereocenters. The highest BCUT2D eigenvalue weighted by molar-refractivity contribution is 7.89. The van der Waals surface area contributed by atoms with Gasteiger partial charge in [0.2, 0.25) is 10.0 Å². The zero-order chi connectivity index (χ0) is 14.3. The van der Waals surface area contributed by atoms with Gasteiger partial charge in [-0.25, -0.2) is 21.9 Å². The van der Waals surface area contributed by atoms with Crippen molar-refractivity contribution in [3.05, 3.63) is 23.8 Å². The fourth-order valence-corrected chi connectivity index (χ4v) is 3.21. The van der Waals surface area contributed by atoms with Crippen LogP contribution in [0.1, 0.15) is 26.2 Å². The van der Waals surface area contributed by atoms with Gasteiger partial charge in [0, 0.05) is 12.2 Å². The number of hydrogen-bond acceptors (Lipinski definition) is 3. The monoisotopic (exact) mass is 290 g/mol. The molecule has 0 amide bonds. The number of benzene rings is 1. The maximum atomic E-state index is 13.5. The molecule has 1 saturated carbocycles. The molecule has 0 spiro atoms. The van der Waals surface area contributed by atoms with Crippen molar-refractivity contribution < 1.29 is 17.2 Å². The molecular formula is C12H16F2N2O2S. The van der Waals surface area contributed by atoms with Crippen LogP contribution in [0.4, 0.5) is 14.5 Å². The molecule has 0 bridgehead atoms. The van der Waals surface area contributed by atoms with Crippen molar-refractivity contribution in [3.8, 4) is 0 Å². The Morgan fingerprint density at radius 2 is 2.00 bits per heavy atom. The van der Waals surface area contributed by atoms with Crippen molar-refractivity contribution in [1.82, 2.24) is 4.72 Å². The van der Waals surface area contributed by atoms with Crippen LogP contribution < -0.4 is 10.5 Å². The lowest BCUT2D eigenvalue weighted by Gasteiger charge is -2.14. The van der Waals surface area contributed by atoms with E-state index in [2.05, 4.69) is 4.72 Å². The van der Waals surface area contributed by atoms with E-state index in [9.17, 15) is 17.2 Å². The van der Waals surface area contributed by atoms with Crippen molar-refractivity contribution in [1.29, 1.82) is 0 Å². The van der Waals surface area contributed by atoms with Crippen LogP contribution in [0.25, 0.3) is 0 Å². The summed E-state index contributed by atoms with van der Waals surface area (Å²) in [5.74, 6) is -2.67. The molecule has 0 aromatic heterocycles. The number of nitrogens with one attached hydrogen (secondary N) is 1. The van der Waals surface area contributed by atoms with E-state index in [1.165, 1.54) is 0 Å². The van der Waals surface area contributed by atoms with Gasteiger partial charge in [0.15, 0.2) is 11.6 Å². The Morgan fingerprint density at radius 1 is 1.37 bits per heavy atom. The Hall–Kier alpha value is -1.21. The maximum absolute atomic E-state index is 13.5. The number of halogens is 2. The Bertz CT molecular complexity index is 598. The first kappa shape index (κ1) is 14.2. The van der Waals surface area contributed by atoms with Gasteiger partial charge >= 0.3 is 0 Å². The van der Waals surface area contributed by atoms with E-state index in [0.717, 1.165) is 31.4 Å². The minimum absolute atomic E-state index is 0.0254. The van der Waals surface area contributed by atoms with Crippen LogP contribution in [-0.4, -0.2) is 15.0 Å². The van der Waals surface area contributed by atoms with E-state index >= 15 is 0 Å². The molecule has 1 aliphatic carbocycles. The van der Waals surface area contributed by atoms with E-state index in [0.29, 0.717) is 0 Å². The lowest BCUT2D eigenvalue weighted by Crippen LogP contribution is -2.31. The highest BCUT2D eigenvalue weighted by Crippen LogP contribution is 2.48. The summed E-state index contributed by atoms with van der Waals surface area (Å²) in [6.45, 7) is 2.21. The maximum Gasteiger partial charge on any atom is 0.243 e. The van der Waals surface area contributed by atoms with Gasteiger partial charge in [-0.3, -0.25) is 0 Å². The molecule has 2 rings (SSSR count). The van der Waals surface area contributed by atoms with Gasteiger partial charge < -0.3 is 5.73 Å². The average molecular weight is 290 g/mol. The second kappa shape index (κ2) is 4.72. The number of nitrogen functional groups attached to an aromatic ring is 1. The van der Waals surface area contributed by atoms with E-state index in [4.69, 9.17) is 5.73 Å². The van der Waals surface area contributed by atoms with Gasteiger partial charge in [0.1, 0.15) is 4.90 Å². The summed E-state index contributed by atoms with van der Waals surface area (Å²) in [5, 5.41) is 0. The van der Waals surface area contributed by atoms with Crippen LogP contribution in [0.3, 0.4) is 0 Å². The average Bonchev–Trinajstić information content (AvgIpc) is 3.12. The van der Waals surface area contributed by atoms with Crippen molar-refractivity contribution in [2.75, 3.05) is 12.3 Å². The number of nitrogens with two attached hydrogens (primary N) is 1. The normalized spacial score (nSPS) is 17.4. The molecule has 1 aromatic carbocycles. The lowest BCUT2D eigenvalue weighted by molar-refractivity contribution is 0.466. The van der Waals surface area contributed by atoms with E-state index in [-0.39, 0.29) is 17.6 Å². The SMILES string of the molecule is CCC1(CNS(=O)(=O)c2cc(N)cc(F)c2F)CC1. The molecule has 19 heavy (non-hydrogen) atoms. The van der Waals surface area contributed by atoms with Gasteiger partial charge in [0.05, 0.1) is 0 Å². The Labute approximate surface area is 111 Å². The molecule has 106 valence electrons. The summed E-state index contributed by atoms with van der Waals surface area (Å²) in [4.78, 5) is -0.739. The third kappa shape index (κ3) is 2.87. The van der Waals surface area contributed by atoms with Crippen LogP contribution in [0.2, 0.25) is 0 Å². The first-order valence-electron chi connectivity index (χ1n) is 6.04. The number of sulfonamides is 1. The fraction of sp³-hybridized carbons (Fsp3) is 0.500. The van der Waals surface area contributed by atoms with Crippen LogP contribution in [-0.2, 0) is 10.0 Å². The zero-order valence-electron chi connectivity index (χ0n) is 10.5. The number of hydrogen-bond donors (Lipinski definition) is 2. The Balaban J connectivity index is 2.25. The molecule has 4 nitrogen and oxygen atoms in total. The number of rotatable bonds is 5. The third-order valence-corrected chi connectivity index (χ3v) is 5.05. The molecule has 0 unspecified atom stereocenters. The second-order valence-corrected chi connectivity index (χ2v) is 6.73. The van der Waals surface area contributed by atoms with Crippen molar-refractivity contribution >= 4 is 15.7 Å². The van der Waals surface area contributed by atoms with E-state index < -0.39 is 26.6 Å². The molecule has 0 aliphatic heterocycles. The van der Waals surface area contributed by atoms with Crippen molar-refractivity contribution in [2.45, 2.75) is 31.1 Å². The Kier molecular flexibility index (Phi) is 3.53. The second-order valence-electron chi connectivity index (χ2n) is 4.99. The van der Waals surface area contributed by atoms with Gasteiger partial charge in [-0.05, 0) is 36.8 Å². The van der Waals surface area contributed by atoms with E-state index in [1.54, 1.807) is 0 Å². The minimum Gasteiger partial charge on any atom is -0.399 e. The quantitative estimate of drug-likeness (QED) is 0.815. The summed E-state index contributed by atoms with van der Waals surface area (Å²) in [5.41, 5.74) is 5.19. The standard InChI is InChI=1S/C12H16F2N2O2S/c1-2-12(3-4-12)7-16-19(17,18)10-6-8(15)5-9(13)11(10)14/h5-6,16H,2-4,7,15H2,1H3. The third-order valence-electron chi connectivity index (χ3n) is 3.65. The summed E-state index contributed by atoms with van der Waals surface area (Å²) in [7, 11) is -4.08. The van der Waals surface area contributed by atoms with Gasteiger partial charge in [-0.1, -0.05) is 6.92 Å². The fourth-order valence-electron chi connectivity index (χ4n) is 1.94. The molecular weight excluding hydrogens is 274 g/mol. The molecule has 0 saturated heterocycles. The van der Waals surface area contributed by atoms with Crippen molar-refractivity contribution in [2.24, 2.45) is 5.41 Å². The largest absolute Gasteiger partial charge is 0.399 e. The molecule has 1 aliphatic rings. The molecule has 0 radical (unpaired) electrons. The smallest absolute Gasteiger partial charge is 0.243 e. The molecule has 0 heterocycles. The van der Waals surface area contributed by atoms with Gasteiger partial charge in [0.25, 0.3) is 0 Å². The molecule has 3 N–H and O–H groups in total. The highest BCUT2D eigenvalue weighted by Gasteiger charge is 2.41. The molecule has 1 aromatic rings. The highest BCUT2D eigenvalue weighted by atomic mass is 32.2. The first-order chi connectivity index (χ1) is 8.80. The predicted molar refractivity (Wildman–Crippen MR) is 67.9 cm³/mol. The minimum atomic E-state index is -4.08. The summed E-state index contributed by atoms with van der Waals surface area (Å²) in [6.07, 6.45) is 2.74. The summed E-state index contributed by atoms with van der Waals surface area (Å²) >= 11 is 0. The first-order valence-corrected chi connectivity index (χ1v) is 7.52. The predicted octanol–water partition coefficient (Wildman–Crippen LogP) is 2.02.